The number of anilines is 1. The quantitative estimate of drug-likeness (QED) is 0.629. The van der Waals surface area contributed by atoms with Gasteiger partial charge in [0.25, 0.3) is 0 Å². The van der Waals surface area contributed by atoms with Gasteiger partial charge in [0.2, 0.25) is 0 Å². The number of benzene rings is 1. The maximum Gasteiger partial charge on any atom is 0.0755 e. The first-order chi connectivity index (χ1) is 6.83. The van der Waals surface area contributed by atoms with Crippen molar-refractivity contribution in [3.63, 3.8) is 0 Å². The predicted molar refractivity (Wildman–Crippen MR) is 65.8 cm³/mol. The minimum Gasteiger partial charge on any atom is -0.338 e. The summed E-state index contributed by atoms with van der Waals surface area (Å²) in [7, 11) is 2.11. The molecule has 0 bridgehead atoms. The lowest BCUT2D eigenvalue weighted by Gasteiger charge is -2.12. The van der Waals surface area contributed by atoms with Gasteiger partial charge in [0, 0.05) is 11.9 Å². The molecule has 0 fully saturated rings. The van der Waals surface area contributed by atoms with Crippen LogP contribution < -0.4 is 4.90 Å². The molecule has 1 nitrogen and oxygen atoms in total. The highest BCUT2D eigenvalue weighted by atomic mass is 32.2. The molecule has 1 heterocycles. The molecule has 0 saturated heterocycles. The van der Waals surface area contributed by atoms with Crippen LogP contribution in [0.2, 0.25) is 0 Å². The number of thioether (sulfide) groups is 1. The van der Waals surface area contributed by atoms with Crippen LogP contribution >= 0.6 is 11.8 Å². The molecule has 76 valence electrons. The second kappa shape index (κ2) is 5.11. The number of nitrogens with zero attached hydrogens (tertiary/aromatic N) is 1. The number of fused-ring (bicyclic) bond motifs is 1. The van der Waals surface area contributed by atoms with Crippen LogP contribution in [0.4, 0.5) is 5.69 Å². The Hall–Kier alpha value is -0.890. The molecular weight excluding hydrogens is 190 g/mol. The zero-order valence-corrected chi connectivity index (χ0v) is 10.1. The molecule has 0 atom stereocenters. The summed E-state index contributed by atoms with van der Waals surface area (Å²) in [5.74, 6) is 0. The predicted octanol–water partition coefficient (Wildman–Crippen LogP) is 4.12. The van der Waals surface area contributed by atoms with Crippen molar-refractivity contribution in [1.82, 2.24) is 0 Å². The molecule has 2 rings (SSSR count). The number of allylic oxidation sites excluding steroid dienone is 1. The third kappa shape index (κ3) is 1.95. The molecule has 2 heteroatoms. The molecule has 0 aliphatic carbocycles. The van der Waals surface area contributed by atoms with E-state index in [2.05, 4.69) is 49.2 Å². The Bertz CT molecular complexity index is 331. The summed E-state index contributed by atoms with van der Waals surface area (Å²) in [6, 6.07) is 8.47. The van der Waals surface area contributed by atoms with Crippen LogP contribution in [0.5, 0.6) is 0 Å². The molecule has 0 aromatic heterocycles. The smallest absolute Gasteiger partial charge is 0.0755 e. The van der Waals surface area contributed by atoms with Gasteiger partial charge in [0.1, 0.15) is 0 Å². The first-order valence-corrected chi connectivity index (χ1v) is 5.81. The van der Waals surface area contributed by atoms with Crippen LogP contribution in [0, 0.1) is 0 Å². The average Bonchev–Trinajstić information content (AvgIpc) is 2.59. The van der Waals surface area contributed by atoms with Gasteiger partial charge in [0.15, 0.2) is 0 Å². The molecule has 14 heavy (non-hydrogen) atoms. The lowest BCUT2D eigenvalue weighted by atomic mass is 10.3. The van der Waals surface area contributed by atoms with Crippen molar-refractivity contribution in [3.8, 4) is 0 Å². The molecular formula is C12H17NS. The van der Waals surface area contributed by atoms with Crippen molar-refractivity contribution in [2.75, 3.05) is 11.9 Å². The highest BCUT2D eigenvalue weighted by Gasteiger charge is 2.19. The minimum atomic E-state index is 1.32. The van der Waals surface area contributed by atoms with Crippen LogP contribution in [0.25, 0.3) is 0 Å². The van der Waals surface area contributed by atoms with E-state index in [9.17, 15) is 0 Å². The minimum absolute atomic E-state index is 1.32. The average molecular weight is 207 g/mol. The monoisotopic (exact) mass is 207 g/mol. The number of para-hydroxylation sites is 1. The van der Waals surface area contributed by atoms with E-state index in [4.69, 9.17) is 0 Å². The van der Waals surface area contributed by atoms with E-state index in [1.807, 2.05) is 25.6 Å². The van der Waals surface area contributed by atoms with Crippen molar-refractivity contribution < 1.29 is 0 Å². The second-order valence-corrected chi connectivity index (χ2v) is 3.82. The standard InChI is InChI=1S/C10H11NS.C2H6/c1-3-10-11(2)8-6-4-5-7-9(8)12-10;1-2/h3-7H,1-2H3;1-2H3. The van der Waals surface area contributed by atoms with E-state index in [-0.39, 0.29) is 0 Å². The fraction of sp³-hybridized carbons (Fsp3) is 0.333. The molecule has 1 aromatic rings. The van der Waals surface area contributed by atoms with E-state index in [0.717, 1.165) is 0 Å². The van der Waals surface area contributed by atoms with E-state index in [0.29, 0.717) is 0 Å². The third-order valence-electron chi connectivity index (χ3n) is 2.02. The summed E-state index contributed by atoms with van der Waals surface area (Å²) < 4.78 is 0. The molecule has 0 unspecified atom stereocenters. The van der Waals surface area contributed by atoms with Crippen molar-refractivity contribution in [2.24, 2.45) is 0 Å². The number of hydrogen-bond acceptors (Lipinski definition) is 2. The van der Waals surface area contributed by atoms with Crippen molar-refractivity contribution in [3.05, 3.63) is 35.4 Å². The topological polar surface area (TPSA) is 3.24 Å². The second-order valence-electron chi connectivity index (χ2n) is 2.76. The molecule has 1 aromatic carbocycles. The van der Waals surface area contributed by atoms with Gasteiger partial charge >= 0.3 is 0 Å². The molecule has 0 radical (unpaired) electrons. The van der Waals surface area contributed by atoms with Gasteiger partial charge < -0.3 is 4.90 Å². The van der Waals surface area contributed by atoms with E-state index in [1.165, 1.54) is 15.6 Å². The normalized spacial score (nSPS) is 16.3. The Morgan fingerprint density at radius 2 is 1.86 bits per heavy atom. The molecule has 0 spiro atoms. The SMILES string of the molecule is CC.CC=C1Sc2ccccc2N1C. The zero-order valence-electron chi connectivity index (χ0n) is 9.24. The maximum absolute atomic E-state index is 2.22. The zero-order chi connectivity index (χ0) is 10.6. The van der Waals surface area contributed by atoms with Crippen LogP contribution in [0.3, 0.4) is 0 Å². The highest BCUT2D eigenvalue weighted by Crippen LogP contribution is 2.44. The summed E-state index contributed by atoms with van der Waals surface area (Å²) in [6.07, 6.45) is 2.14. The largest absolute Gasteiger partial charge is 0.338 e. The van der Waals surface area contributed by atoms with E-state index >= 15 is 0 Å². The first kappa shape index (κ1) is 11.2. The molecule has 0 N–H and O–H groups in total. The summed E-state index contributed by atoms with van der Waals surface area (Å²) in [5.41, 5.74) is 1.32. The fourth-order valence-electron chi connectivity index (χ4n) is 1.37. The summed E-state index contributed by atoms with van der Waals surface area (Å²) in [4.78, 5) is 3.58. The lowest BCUT2D eigenvalue weighted by Crippen LogP contribution is -2.08. The lowest BCUT2D eigenvalue weighted by molar-refractivity contribution is 1.17. The van der Waals surface area contributed by atoms with Crippen molar-refractivity contribution in [2.45, 2.75) is 25.7 Å². The Balaban J connectivity index is 0.000000461. The van der Waals surface area contributed by atoms with Crippen LogP contribution in [-0.4, -0.2) is 7.05 Å². The summed E-state index contributed by atoms with van der Waals surface area (Å²) in [5, 5.41) is 1.32. The van der Waals surface area contributed by atoms with Crippen LogP contribution in [0.1, 0.15) is 20.8 Å². The van der Waals surface area contributed by atoms with Crippen LogP contribution in [0.15, 0.2) is 40.3 Å². The van der Waals surface area contributed by atoms with E-state index in [1.54, 1.807) is 0 Å². The van der Waals surface area contributed by atoms with Gasteiger partial charge in [-0.1, -0.05) is 43.8 Å². The molecule has 0 saturated carbocycles. The first-order valence-electron chi connectivity index (χ1n) is 5.00. The Labute approximate surface area is 90.8 Å². The van der Waals surface area contributed by atoms with Gasteiger partial charge in [-0.2, -0.15) is 0 Å². The fourth-order valence-corrected chi connectivity index (χ4v) is 2.41. The summed E-state index contributed by atoms with van der Waals surface area (Å²) in [6.45, 7) is 6.07. The van der Waals surface area contributed by atoms with Gasteiger partial charge in [0.05, 0.1) is 10.7 Å². The molecule has 0 amide bonds. The number of rotatable bonds is 0. The molecule has 1 aliphatic rings. The number of hydrogen-bond donors (Lipinski definition) is 0. The third-order valence-corrected chi connectivity index (χ3v) is 3.30. The Morgan fingerprint density at radius 3 is 2.43 bits per heavy atom. The molecule has 1 aliphatic heterocycles. The van der Waals surface area contributed by atoms with Gasteiger partial charge in [-0.25, -0.2) is 0 Å². The Kier molecular flexibility index (Phi) is 4.08. The van der Waals surface area contributed by atoms with E-state index < -0.39 is 0 Å². The van der Waals surface area contributed by atoms with Gasteiger partial charge in [-0.05, 0) is 19.1 Å². The van der Waals surface area contributed by atoms with Crippen LogP contribution in [-0.2, 0) is 0 Å². The highest BCUT2D eigenvalue weighted by molar-refractivity contribution is 8.03. The summed E-state index contributed by atoms with van der Waals surface area (Å²) >= 11 is 1.83. The van der Waals surface area contributed by atoms with Crippen molar-refractivity contribution in [1.29, 1.82) is 0 Å². The van der Waals surface area contributed by atoms with Gasteiger partial charge in [-0.3, -0.25) is 0 Å². The van der Waals surface area contributed by atoms with Gasteiger partial charge in [-0.15, -0.1) is 0 Å². The Morgan fingerprint density at radius 1 is 1.21 bits per heavy atom. The van der Waals surface area contributed by atoms with Crippen molar-refractivity contribution >= 4 is 17.4 Å². The maximum atomic E-state index is 2.22.